The third-order valence-corrected chi connectivity index (χ3v) is 9.04. The molecule has 0 saturated carbocycles. The highest BCUT2D eigenvalue weighted by molar-refractivity contribution is 7.92. The fourth-order valence-electron chi connectivity index (χ4n) is 3.68. The first-order chi connectivity index (χ1) is 15.6. The number of esters is 1. The van der Waals surface area contributed by atoms with Crippen molar-refractivity contribution in [3.8, 4) is 11.5 Å². The van der Waals surface area contributed by atoms with Crippen molar-refractivity contribution in [3.05, 3.63) is 53.6 Å². The van der Waals surface area contributed by atoms with Crippen LogP contribution in [0, 0.1) is 0 Å². The largest absolute Gasteiger partial charge is 0.493 e. The first-order valence-electron chi connectivity index (χ1n) is 10.3. The van der Waals surface area contributed by atoms with Crippen molar-refractivity contribution in [1.82, 2.24) is 4.31 Å². The van der Waals surface area contributed by atoms with Crippen LogP contribution in [0.25, 0.3) is 0 Å². The van der Waals surface area contributed by atoms with Crippen LogP contribution >= 0.6 is 0 Å². The van der Waals surface area contributed by atoms with Crippen LogP contribution in [0.5, 0.6) is 11.5 Å². The Morgan fingerprint density at radius 1 is 1.06 bits per heavy atom. The molecule has 11 heteroatoms. The normalized spacial score (nSPS) is 17.6. The lowest BCUT2D eigenvalue weighted by Crippen LogP contribution is -2.40. The second-order valence-corrected chi connectivity index (χ2v) is 11.7. The minimum atomic E-state index is -4.08. The maximum atomic E-state index is 13.6. The molecule has 0 radical (unpaired) electrons. The van der Waals surface area contributed by atoms with Gasteiger partial charge in [-0.05, 0) is 55.3 Å². The Hall–Kier alpha value is -2.63. The maximum absolute atomic E-state index is 13.6. The van der Waals surface area contributed by atoms with Gasteiger partial charge >= 0.3 is 5.97 Å². The molecule has 180 valence electrons. The number of carbonyl (C=O) groups excluding carboxylic acids is 1. The molecule has 1 aliphatic rings. The van der Waals surface area contributed by atoms with Crippen molar-refractivity contribution in [1.29, 1.82) is 0 Å². The number of rotatable bonds is 9. The quantitative estimate of drug-likeness (QED) is 0.485. The molecule has 1 aliphatic heterocycles. The number of nitrogens with zero attached hydrogens (tertiary/aromatic N) is 1. The minimum absolute atomic E-state index is 0.0414. The highest BCUT2D eigenvalue weighted by atomic mass is 32.2. The van der Waals surface area contributed by atoms with Gasteiger partial charge in [0, 0.05) is 12.6 Å². The summed E-state index contributed by atoms with van der Waals surface area (Å²) in [7, 11) is -4.44. The molecule has 0 N–H and O–H groups in total. The number of hydrogen-bond acceptors (Lipinski definition) is 8. The summed E-state index contributed by atoms with van der Waals surface area (Å²) < 4.78 is 68.1. The van der Waals surface area contributed by atoms with E-state index in [0.717, 1.165) is 0 Å². The average molecular weight is 498 g/mol. The lowest BCUT2D eigenvalue weighted by molar-refractivity contribution is 0.0526. The summed E-state index contributed by atoms with van der Waals surface area (Å²) in [6.07, 6.45) is 0.204. The predicted molar refractivity (Wildman–Crippen MR) is 122 cm³/mol. The Morgan fingerprint density at radius 3 is 2.27 bits per heavy atom. The Kier molecular flexibility index (Phi) is 7.65. The van der Waals surface area contributed by atoms with Gasteiger partial charge < -0.3 is 14.2 Å². The molecule has 1 fully saturated rings. The molecular formula is C22H27NO8S2. The summed E-state index contributed by atoms with van der Waals surface area (Å²) in [5, 5.41) is 0. The summed E-state index contributed by atoms with van der Waals surface area (Å²) >= 11 is 0. The maximum Gasteiger partial charge on any atom is 0.338 e. The number of ether oxygens (including phenoxy) is 3. The van der Waals surface area contributed by atoms with Gasteiger partial charge in [-0.25, -0.2) is 21.6 Å². The molecule has 0 spiro atoms. The molecule has 3 rings (SSSR count). The van der Waals surface area contributed by atoms with Gasteiger partial charge in [0.05, 0.1) is 42.8 Å². The van der Waals surface area contributed by atoms with E-state index in [4.69, 9.17) is 14.2 Å². The van der Waals surface area contributed by atoms with Crippen molar-refractivity contribution in [2.24, 2.45) is 0 Å². The molecule has 33 heavy (non-hydrogen) atoms. The third-order valence-electron chi connectivity index (χ3n) is 5.37. The van der Waals surface area contributed by atoms with E-state index >= 15 is 0 Å². The molecule has 0 aromatic heterocycles. The van der Waals surface area contributed by atoms with Gasteiger partial charge in [-0.2, -0.15) is 4.31 Å². The molecule has 2 aromatic rings. The Morgan fingerprint density at radius 2 is 1.73 bits per heavy atom. The summed E-state index contributed by atoms with van der Waals surface area (Å²) in [6, 6.07) is 9.73. The van der Waals surface area contributed by atoms with Crippen LogP contribution in [0.15, 0.2) is 47.4 Å². The molecule has 1 atom stereocenters. The first kappa shape index (κ1) is 25.0. The van der Waals surface area contributed by atoms with Crippen LogP contribution < -0.4 is 9.47 Å². The van der Waals surface area contributed by atoms with E-state index in [9.17, 15) is 21.6 Å². The first-order valence-corrected chi connectivity index (χ1v) is 13.6. The number of hydrogen-bond donors (Lipinski definition) is 0. The van der Waals surface area contributed by atoms with E-state index in [-0.39, 0.29) is 41.5 Å². The van der Waals surface area contributed by atoms with E-state index in [0.29, 0.717) is 17.1 Å². The second kappa shape index (κ2) is 10.1. The van der Waals surface area contributed by atoms with Crippen LogP contribution in [-0.2, 0) is 31.1 Å². The fraction of sp³-hybridized carbons (Fsp3) is 0.409. The lowest BCUT2D eigenvalue weighted by Gasteiger charge is -2.28. The summed E-state index contributed by atoms with van der Waals surface area (Å²) in [5.74, 6) is 0.0575. The third kappa shape index (κ3) is 5.66. The molecule has 0 unspecified atom stereocenters. The molecule has 1 saturated heterocycles. The van der Waals surface area contributed by atoms with Gasteiger partial charge in [-0.3, -0.25) is 0 Å². The van der Waals surface area contributed by atoms with E-state index < -0.39 is 31.9 Å². The molecule has 0 bridgehead atoms. The summed E-state index contributed by atoms with van der Waals surface area (Å²) in [5.41, 5.74) is 0.842. The Labute approximate surface area is 194 Å². The van der Waals surface area contributed by atoms with Gasteiger partial charge in [0.15, 0.2) is 21.3 Å². The number of sulfone groups is 1. The smallest absolute Gasteiger partial charge is 0.338 e. The monoisotopic (exact) mass is 497 g/mol. The van der Waals surface area contributed by atoms with Crippen LogP contribution in [0.1, 0.15) is 29.3 Å². The van der Waals surface area contributed by atoms with Gasteiger partial charge in [-0.15, -0.1) is 0 Å². The molecule has 0 aliphatic carbocycles. The van der Waals surface area contributed by atoms with Crippen LogP contribution in [0.3, 0.4) is 0 Å². The Bertz CT molecular complexity index is 1210. The van der Waals surface area contributed by atoms with Crippen molar-refractivity contribution < 1.29 is 35.8 Å². The predicted octanol–water partition coefficient (Wildman–Crippen LogP) is 2.26. The van der Waals surface area contributed by atoms with Crippen molar-refractivity contribution in [3.63, 3.8) is 0 Å². The molecule has 1 heterocycles. The van der Waals surface area contributed by atoms with E-state index in [2.05, 4.69) is 0 Å². The zero-order valence-electron chi connectivity index (χ0n) is 18.7. The van der Waals surface area contributed by atoms with Crippen LogP contribution in [0.4, 0.5) is 0 Å². The van der Waals surface area contributed by atoms with Crippen molar-refractivity contribution in [2.45, 2.75) is 30.8 Å². The Balaban J connectivity index is 1.98. The topological polar surface area (TPSA) is 116 Å². The van der Waals surface area contributed by atoms with E-state index in [1.807, 2.05) is 0 Å². The van der Waals surface area contributed by atoms with E-state index in [1.54, 1.807) is 25.1 Å². The lowest BCUT2D eigenvalue weighted by atomic mass is 10.1. The number of carbonyl (C=O) groups is 1. The molecular weight excluding hydrogens is 470 g/mol. The number of methoxy groups -OCH3 is 2. The van der Waals surface area contributed by atoms with E-state index in [1.165, 1.54) is 42.8 Å². The zero-order valence-corrected chi connectivity index (χ0v) is 20.3. The summed E-state index contributed by atoms with van der Waals surface area (Å²) in [6.45, 7) is 1.83. The van der Waals surface area contributed by atoms with Gasteiger partial charge in [-0.1, -0.05) is 6.07 Å². The second-order valence-electron chi connectivity index (χ2n) is 7.54. The highest BCUT2D eigenvalue weighted by Crippen LogP contribution is 2.31. The van der Waals surface area contributed by atoms with Crippen molar-refractivity contribution >= 4 is 25.8 Å². The SMILES string of the molecule is CCOC(=O)c1ccc(S(=O)(=O)N(Cc2ccc(OC)c(OC)c2)[C@H]2CCS(=O)(=O)C2)cc1. The highest BCUT2D eigenvalue weighted by Gasteiger charge is 2.39. The molecule has 0 amide bonds. The fourth-order valence-corrected chi connectivity index (χ4v) is 7.15. The van der Waals surface area contributed by atoms with Crippen LogP contribution in [-0.4, -0.2) is 65.5 Å². The van der Waals surface area contributed by atoms with Gasteiger partial charge in [0.25, 0.3) is 0 Å². The summed E-state index contributed by atoms with van der Waals surface area (Å²) in [4.78, 5) is 11.9. The zero-order chi connectivity index (χ0) is 24.2. The van der Waals surface area contributed by atoms with Crippen molar-refractivity contribution in [2.75, 3.05) is 32.3 Å². The van der Waals surface area contributed by atoms with Gasteiger partial charge in [0.2, 0.25) is 10.0 Å². The number of benzene rings is 2. The van der Waals surface area contributed by atoms with Crippen LogP contribution in [0.2, 0.25) is 0 Å². The van der Waals surface area contributed by atoms with Gasteiger partial charge in [0.1, 0.15) is 0 Å². The molecule has 2 aromatic carbocycles. The number of sulfonamides is 1. The molecule has 9 nitrogen and oxygen atoms in total. The average Bonchev–Trinajstić information content (AvgIpc) is 3.16. The standard InChI is InChI=1S/C22H27NO8S2/c1-4-31-22(24)17-6-8-19(9-7-17)33(27,28)23(18-11-12-32(25,26)15-18)14-16-5-10-20(29-2)21(13-16)30-3/h5-10,13,18H,4,11-12,14-15H2,1-3H3/t18-/m0/s1. The minimum Gasteiger partial charge on any atom is -0.493 e.